The molecule has 3 rings (SSSR count). The predicted octanol–water partition coefficient (Wildman–Crippen LogP) is 2.23. The Hall–Kier alpha value is -2.36. The highest BCUT2D eigenvalue weighted by atomic mass is 16.1. The summed E-state index contributed by atoms with van der Waals surface area (Å²) in [6.45, 7) is 1.92. The monoisotopic (exact) mass is 225 g/mol. The van der Waals surface area contributed by atoms with Crippen LogP contribution in [0.5, 0.6) is 0 Å². The van der Waals surface area contributed by atoms with E-state index in [0.717, 1.165) is 16.8 Å². The smallest absolute Gasteiger partial charge is 0.273 e. The van der Waals surface area contributed by atoms with Crippen LogP contribution in [0, 0.1) is 6.92 Å². The molecule has 4 nitrogen and oxygen atoms in total. The maximum atomic E-state index is 11.5. The molecule has 0 aliphatic carbocycles. The van der Waals surface area contributed by atoms with Gasteiger partial charge in [-0.15, -0.1) is 0 Å². The quantitative estimate of drug-likeness (QED) is 0.667. The van der Waals surface area contributed by atoms with E-state index >= 15 is 0 Å². The first-order valence-electron chi connectivity index (χ1n) is 5.39. The lowest BCUT2D eigenvalue weighted by molar-refractivity contribution is 1.06. The van der Waals surface area contributed by atoms with Gasteiger partial charge in [0.2, 0.25) is 0 Å². The minimum Gasteiger partial charge on any atom is -0.281 e. The number of nitrogens with one attached hydrogen (secondary N) is 2. The third-order valence-corrected chi connectivity index (χ3v) is 2.81. The lowest BCUT2D eigenvalue weighted by atomic mass is 10.1. The molecule has 3 aromatic rings. The fraction of sp³-hybridized carbons (Fsp3) is 0.0769. The van der Waals surface area contributed by atoms with E-state index < -0.39 is 0 Å². The van der Waals surface area contributed by atoms with Crippen LogP contribution in [0.4, 0.5) is 0 Å². The van der Waals surface area contributed by atoms with Crippen molar-refractivity contribution < 1.29 is 0 Å². The minimum absolute atomic E-state index is 0.121. The molecule has 4 heteroatoms. The van der Waals surface area contributed by atoms with Gasteiger partial charge >= 0.3 is 0 Å². The highest BCUT2D eigenvalue weighted by Gasteiger charge is 2.08. The van der Waals surface area contributed by atoms with Gasteiger partial charge in [0.15, 0.2) is 5.65 Å². The van der Waals surface area contributed by atoms with Crippen molar-refractivity contribution >= 4 is 11.0 Å². The molecule has 2 heterocycles. The second kappa shape index (κ2) is 3.59. The van der Waals surface area contributed by atoms with Gasteiger partial charge in [-0.05, 0) is 18.6 Å². The molecule has 0 amide bonds. The molecule has 0 radical (unpaired) electrons. The summed E-state index contributed by atoms with van der Waals surface area (Å²) in [6, 6.07) is 11.8. The molecule has 0 spiro atoms. The summed E-state index contributed by atoms with van der Waals surface area (Å²) in [5.74, 6) is 0. The topological polar surface area (TPSA) is 61.5 Å². The van der Waals surface area contributed by atoms with Gasteiger partial charge in [-0.3, -0.25) is 15.0 Å². The molecule has 2 aromatic heterocycles. The molecule has 1 aromatic carbocycles. The molecule has 0 aliphatic heterocycles. The number of hydrogen-bond acceptors (Lipinski definition) is 2. The third-order valence-electron chi connectivity index (χ3n) is 2.81. The highest BCUT2D eigenvalue weighted by Crippen LogP contribution is 2.21. The third kappa shape index (κ3) is 1.54. The Morgan fingerprint density at radius 1 is 1.12 bits per heavy atom. The largest absolute Gasteiger partial charge is 0.281 e. The molecule has 0 bridgehead atoms. The van der Waals surface area contributed by atoms with E-state index in [4.69, 9.17) is 0 Å². The number of aromatic nitrogens is 3. The molecule has 0 aliphatic rings. The molecular formula is C13H11N3O. The number of aromatic amines is 2. The number of H-pyrrole nitrogens is 2. The van der Waals surface area contributed by atoms with E-state index in [-0.39, 0.29) is 5.56 Å². The summed E-state index contributed by atoms with van der Waals surface area (Å²) in [4.78, 5) is 16.0. The van der Waals surface area contributed by atoms with Crippen molar-refractivity contribution in [3.05, 3.63) is 52.3 Å². The summed E-state index contributed by atoms with van der Waals surface area (Å²) in [5.41, 5.74) is 3.32. The van der Waals surface area contributed by atoms with Gasteiger partial charge in [0.1, 0.15) is 0 Å². The Labute approximate surface area is 97.3 Å². The van der Waals surface area contributed by atoms with Crippen LogP contribution in [-0.4, -0.2) is 15.2 Å². The van der Waals surface area contributed by atoms with Crippen LogP contribution in [0.2, 0.25) is 0 Å². The van der Waals surface area contributed by atoms with Gasteiger partial charge in [-0.1, -0.05) is 30.3 Å². The summed E-state index contributed by atoms with van der Waals surface area (Å²) in [7, 11) is 0. The SMILES string of the molecule is Cc1cc(-c2ccccc2)nc2[nH][nH]c(=O)c12. The zero-order chi connectivity index (χ0) is 11.8. The second-order valence-corrected chi connectivity index (χ2v) is 3.99. The van der Waals surface area contributed by atoms with Crippen LogP contribution in [-0.2, 0) is 0 Å². The van der Waals surface area contributed by atoms with Crippen LogP contribution in [0.3, 0.4) is 0 Å². The van der Waals surface area contributed by atoms with Gasteiger partial charge in [0, 0.05) is 5.56 Å². The van der Waals surface area contributed by atoms with E-state index in [1.165, 1.54) is 0 Å². The molecule has 84 valence electrons. The van der Waals surface area contributed by atoms with Crippen molar-refractivity contribution in [3.8, 4) is 11.3 Å². The van der Waals surface area contributed by atoms with Crippen molar-refractivity contribution in [2.75, 3.05) is 0 Å². The zero-order valence-electron chi connectivity index (χ0n) is 9.32. The summed E-state index contributed by atoms with van der Waals surface area (Å²) in [6.07, 6.45) is 0. The van der Waals surface area contributed by atoms with Gasteiger partial charge in [-0.25, -0.2) is 4.98 Å². The maximum absolute atomic E-state index is 11.5. The van der Waals surface area contributed by atoms with Crippen molar-refractivity contribution in [1.29, 1.82) is 0 Å². The standard InChI is InChI=1S/C13H11N3O/c1-8-7-10(9-5-3-2-4-6-9)14-12-11(8)13(17)16-15-12/h2-7H,1H3,(H2,14,15,16,17). The number of fused-ring (bicyclic) bond motifs is 1. The molecule has 0 fully saturated rings. The fourth-order valence-electron chi connectivity index (χ4n) is 1.98. The maximum Gasteiger partial charge on any atom is 0.273 e. The number of benzene rings is 1. The Balaban J connectivity index is 2.30. The van der Waals surface area contributed by atoms with E-state index in [0.29, 0.717) is 11.0 Å². The predicted molar refractivity (Wildman–Crippen MR) is 66.9 cm³/mol. The number of hydrogen-bond donors (Lipinski definition) is 2. The first-order chi connectivity index (χ1) is 8.25. The molecule has 0 saturated carbocycles. The van der Waals surface area contributed by atoms with Crippen LogP contribution < -0.4 is 5.56 Å². The van der Waals surface area contributed by atoms with Crippen LogP contribution in [0.25, 0.3) is 22.3 Å². The van der Waals surface area contributed by atoms with Crippen LogP contribution >= 0.6 is 0 Å². The van der Waals surface area contributed by atoms with E-state index in [2.05, 4.69) is 15.2 Å². The Kier molecular flexibility index (Phi) is 2.08. The van der Waals surface area contributed by atoms with E-state index in [1.807, 2.05) is 43.3 Å². The Morgan fingerprint density at radius 2 is 1.88 bits per heavy atom. The number of rotatable bonds is 1. The van der Waals surface area contributed by atoms with E-state index in [1.54, 1.807) is 0 Å². The second-order valence-electron chi connectivity index (χ2n) is 3.99. The molecule has 17 heavy (non-hydrogen) atoms. The Bertz CT molecular complexity index is 725. The number of nitrogens with zero attached hydrogens (tertiary/aromatic N) is 1. The normalized spacial score (nSPS) is 10.9. The van der Waals surface area contributed by atoms with Crippen LogP contribution in [0.15, 0.2) is 41.2 Å². The lowest BCUT2D eigenvalue weighted by Crippen LogP contribution is -1.99. The first kappa shape index (κ1) is 9.84. The van der Waals surface area contributed by atoms with Gasteiger partial charge in [0.25, 0.3) is 5.56 Å². The summed E-state index contributed by atoms with van der Waals surface area (Å²) < 4.78 is 0. The van der Waals surface area contributed by atoms with Crippen molar-refractivity contribution in [3.63, 3.8) is 0 Å². The number of aryl methyl sites for hydroxylation is 1. The summed E-state index contributed by atoms with van der Waals surface area (Å²) in [5, 5.41) is 5.97. The van der Waals surface area contributed by atoms with Gasteiger partial charge in [0.05, 0.1) is 11.1 Å². The van der Waals surface area contributed by atoms with Gasteiger partial charge in [-0.2, -0.15) is 0 Å². The fourth-order valence-corrected chi connectivity index (χ4v) is 1.98. The van der Waals surface area contributed by atoms with Crippen molar-refractivity contribution in [1.82, 2.24) is 15.2 Å². The molecule has 0 saturated heterocycles. The van der Waals surface area contributed by atoms with Crippen molar-refractivity contribution in [2.45, 2.75) is 6.92 Å². The Morgan fingerprint density at radius 3 is 2.65 bits per heavy atom. The van der Waals surface area contributed by atoms with E-state index in [9.17, 15) is 4.79 Å². The average molecular weight is 225 g/mol. The average Bonchev–Trinajstić information content (AvgIpc) is 2.73. The first-order valence-corrected chi connectivity index (χ1v) is 5.39. The number of pyridine rings is 1. The minimum atomic E-state index is -0.121. The molecule has 0 unspecified atom stereocenters. The molecule has 2 N–H and O–H groups in total. The lowest BCUT2D eigenvalue weighted by Gasteiger charge is -2.02. The molecule has 0 atom stereocenters. The van der Waals surface area contributed by atoms with Crippen LogP contribution in [0.1, 0.15) is 5.56 Å². The highest BCUT2D eigenvalue weighted by molar-refractivity contribution is 5.81. The zero-order valence-corrected chi connectivity index (χ0v) is 9.32. The van der Waals surface area contributed by atoms with Gasteiger partial charge < -0.3 is 0 Å². The summed E-state index contributed by atoms with van der Waals surface area (Å²) >= 11 is 0. The molecular weight excluding hydrogens is 214 g/mol. The van der Waals surface area contributed by atoms with Crippen molar-refractivity contribution in [2.24, 2.45) is 0 Å².